The van der Waals surface area contributed by atoms with E-state index in [0.29, 0.717) is 11.3 Å². The Morgan fingerprint density at radius 2 is 1.93 bits per heavy atom. The molecule has 0 atom stereocenters. The number of nitro groups is 1. The topological polar surface area (TPSA) is 112 Å². The molecule has 148 valence electrons. The molecule has 0 bridgehead atoms. The van der Waals surface area contributed by atoms with Gasteiger partial charge in [-0.15, -0.1) is 0 Å². The number of anilines is 1. The molecule has 0 spiro atoms. The molecule has 1 aliphatic heterocycles. The number of rotatable bonds is 6. The molecular formula is C19H20N2O7. The zero-order valence-electron chi connectivity index (χ0n) is 15.4. The fourth-order valence-electron chi connectivity index (χ4n) is 3.15. The molecule has 0 radical (unpaired) electrons. The van der Waals surface area contributed by atoms with Crippen molar-refractivity contribution in [1.82, 2.24) is 0 Å². The molecule has 0 amide bonds. The predicted octanol–water partition coefficient (Wildman–Crippen LogP) is 3.32. The van der Waals surface area contributed by atoms with Crippen LogP contribution in [0.5, 0.6) is 0 Å². The Kier molecular flexibility index (Phi) is 5.93. The Balaban J connectivity index is 1.75. The average molecular weight is 388 g/mol. The Labute approximate surface area is 161 Å². The maximum atomic E-state index is 12.3. The number of carbonyl (C=O) groups is 2. The van der Waals surface area contributed by atoms with Crippen molar-refractivity contribution in [2.75, 3.05) is 25.1 Å². The lowest BCUT2D eigenvalue weighted by atomic mass is 10.1. The molecule has 1 saturated heterocycles. The lowest BCUT2D eigenvalue weighted by Gasteiger charge is -2.28. The second-order valence-electron chi connectivity index (χ2n) is 6.35. The van der Waals surface area contributed by atoms with Crippen molar-refractivity contribution in [3.8, 4) is 0 Å². The summed E-state index contributed by atoms with van der Waals surface area (Å²) < 4.78 is 14.8. The molecule has 2 heterocycles. The Morgan fingerprint density at radius 1 is 1.18 bits per heavy atom. The van der Waals surface area contributed by atoms with E-state index in [9.17, 15) is 19.7 Å². The number of methoxy groups -OCH3 is 1. The Bertz CT molecular complexity index is 884. The van der Waals surface area contributed by atoms with E-state index in [1.54, 1.807) is 6.07 Å². The minimum Gasteiger partial charge on any atom is -0.463 e. The van der Waals surface area contributed by atoms with Crippen molar-refractivity contribution in [1.29, 1.82) is 0 Å². The summed E-state index contributed by atoms with van der Waals surface area (Å²) in [7, 11) is 1.21. The summed E-state index contributed by atoms with van der Waals surface area (Å²) in [6.45, 7) is 1.28. The van der Waals surface area contributed by atoms with E-state index in [4.69, 9.17) is 9.15 Å². The second-order valence-corrected chi connectivity index (χ2v) is 6.35. The van der Waals surface area contributed by atoms with Gasteiger partial charge in [-0.05, 0) is 37.5 Å². The van der Waals surface area contributed by atoms with Gasteiger partial charge < -0.3 is 18.8 Å². The van der Waals surface area contributed by atoms with Crippen LogP contribution >= 0.6 is 0 Å². The van der Waals surface area contributed by atoms with E-state index >= 15 is 0 Å². The van der Waals surface area contributed by atoms with Gasteiger partial charge in [-0.2, -0.15) is 0 Å². The number of esters is 2. The normalized spacial score (nSPS) is 13.8. The first-order valence-corrected chi connectivity index (χ1v) is 8.86. The number of furan rings is 1. The summed E-state index contributed by atoms with van der Waals surface area (Å²) in [6.07, 6.45) is 4.35. The molecule has 1 aromatic heterocycles. The minimum absolute atomic E-state index is 0.0540. The maximum absolute atomic E-state index is 12.3. The molecular weight excluding hydrogens is 368 g/mol. The van der Waals surface area contributed by atoms with Crippen molar-refractivity contribution in [2.45, 2.75) is 25.9 Å². The summed E-state index contributed by atoms with van der Waals surface area (Å²) in [5.74, 6) is -1.47. The molecule has 28 heavy (non-hydrogen) atoms. The first-order valence-electron chi connectivity index (χ1n) is 8.86. The van der Waals surface area contributed by atoms with Gasteiger partial charge in [0.2, 0.25) is 5.76 Å². The number of hydrogen-bond donors (Lipinski definition) is 0. The van der Waals surface area contributed by atoms with Gasteiger partial charge in [0.1, 0.15) is 12.3 Å². The van der Waals surface area contributed by atoms with Gasteiger partial charge in [0, 0.05) is 24.7 Å². The number of nitro benzene ring substituents is 1. The Morgan fingerprint density at radius 3 is 2.61 bits per heavy atom. The summed E-state index contributed by atoms with van der Waals surface area (Å²) in [5, 5.41) is 11.5. The van der Waals surface area contributed by atoms with Crippen LogP contribution in [0.15, 0.2) is 34.9 Å². The van der Waals surface area contributed by atoms with E-state index in [0.717, 1.165) is 32.4 Å². The lowest BCUT2D eigenvalue weighted by Crippen LogP contribution is -2.30. The fourth-order valence-corrected chi connectivity index (χ4v) is 3.15. The third kappa shape index (κ3) is 4.13. The standard InChI is InChI=1S/C19H20N2O7/c1-26-19(23)17-14(7-10-27-17)12-28-18(22)13-5-6-15(16(11-13)21(24)25)20-8-3-2-4-9-20/h5-7,10-11H,2-4,8-9,12H2,1H3. The highest BCUT2D eigenvalue weighted by Crippen LogP contribution is 2.31. The van der Waals surface area contributed by atoms with Gasteiger partial charge in [0.15, 0.2) is 0 Å². The summed E-state index contributed by atoms with van der Waals surface area (Å²) >= 11 is 0. The van der Waals surface area contributed by atoms with E-state index < -0.39 is 16.9 Å². The van der Waals surface area contributed by atoms with Crippen LogP contribution in [0.3, 0.4) is 0 Å². The average Bonchev–Trinajstić information content (AvgIpc) is 3.20. The molecule has 3 rings (SSSR count). The summed E-state index contributed by atoms with van der Waals surface area (Å²) in [4.78, 5) is 36.9. The monoisotopic (exact) mass is 388 g/mol. The van der Waals surface area contributed by atoms with Crippen LogP contribution in [0.1, 0.15) is 45.7 Å². The zero-order chi connectivity index (χ0) is 20.1. The molecule has 1 aromatic carbocycles. The van der Waals surface area contributed by atoms with Crippen LogP contribution in [-0.2, 0) is 16.1 Å². The van der Waals surface area contributed by atoms with E-state index in [-0.39, 0.29) is 23.6 Å². The van der Waals surface area contributed by atoms with Crippen molar-refractivity contribution >= 4 is 23.3 Å². The quantitative estimate of drug-likeness (QED) is 0.421. The van der Waals surface area contributed by atoms with Gasteiger partial charge in [0.25, 0.3) is 5.69 Å². The molecule has 2 aromatic rings. The molecule has 0 unspecified atom stereocenters. The SMILES string of the molecule is COC(=O)c1occc1COC(=O)c1ccc(N2CCCCC2)c([N+](=O)[O-])c1. The van der Waals surface area contributed by atoms with Crippen molar-refractivity contribution in [3.63, 3.8) is 0 Å². The van der Waals surface area contributed by atoms with E-state index in [2.05, 4.69) is 4.74 Å². The minimum atomic E-state index is -0.731. The van der Waals surface area contributed by atoms with Gasteiger partial charge >= 0.3 is 11.9 Å². The summed E-state index contributed by atoms with van der Waals surface area (Å²) in [6, 6.07) is 5.80. The van der Waals surface area contributed by atoms with Crippen molar-refractivity contribution in [3.05, 3.63) is 57.5 Å². The summed E-state index contributed by atoms with van der Waals surface area (Å²) in [5.41, 5.74) is 0.786. The molecule has 9 heteroatoms. The van der Waals surface area contributed by atoms with Gasteiger partial charge in [0.05, 0.1) is 23.9 Å². The number of benzene rings is 1. The zero-order valence-corrected chi connectivity index (χ0v) is 15.4. The van der Waals surface area contributed by atoms with Crippen LogP contribution in [0.2, 0.25) is 0 Å². The van der Waals surface area contributed by atoms with Crippen LogP contribution in [0.4, 0.5) is 11.4 Å². The number of ether oxygens (including phenoxy) is 2. The maximum Gasteiger partial charge on any atom is 0.374 e. The predicted molar refractivity (Wildman–Crippen MR) is 98.3 cm³/mol. The van der Waals surface area contributed by atoms with E-state index in [1.165, 1.54) is 31.6 Å². The molecule has 1 aliphatic rings. The van der Waals surface area contributed by atoms with Crippen molar-refractivity contribution in [2.24, 2.45) is 0 Å². The fraction of sp³-hybridized carbons (Fsp3) is 0.368. The van der Waals surface area contributed by atoms with Crippen LogP contribution in [0, 0.1) is 10.1 Å². The third-order valence-corrected chi connectivity index (χ3v) is 4.58. The highest BCUT2D eigenvalue weighted by molar-refractivity contribution is 5.92. The second kappa shape index (κ2) is 8.55. The number of nitrogens with zero attached hydrogens (tertiary/aromatic N) is 2. The smallest absolute Gasteiger partial charge is 0.374 e. The molecule has 9 nitrogen and oxygen atoms in total. The third-order valence-electron chi connectivity index (χ3n) is 4.58. The molecule has 0 saturated carbocycles. The Hall–Kier alpha value is -3.36. The number of carbonyl (C=O) groups excluding carboxylic acids is 2. The van der Waals surface area contributed by atoms with Crippen LogP contribution in [0.25, 0.3) is 0 Å². The van der Waals surface area contributed by atoms with Crippen LogP contribution < -0.4 is 4.90 Å². The first-order chi connectivity index (χ1) is 13.5. The van der Waals surface area contributed by atoms with Gasteiger partial charge in [-0.1, -0.05) is 0 Å². The molecule has 0 aliphatic carbocycles. The first kappa shape index (κ1) is 19.4. The van der Waals surface area contributed by atoms with E-state index in [1.807, 2.05) is 4.90 Å². The van der Waals surface area contributed by atoms with Gasteiger partial charge in [-0.25, -0.2) is 9.59 Å². The highest BCUT2D eigenvalue weighted by Gasteiger charge is 2.24. The van der Waals surface area contributed by atoms with Crippen LogP contribution in [-0.4, -0.2) is 37.1 Å². The largest absolute Gasteiger partial charge is 0.463 e. The molecule has 0 N–H and O–H groups in total. The number of hydrogen-bond acceptors (Lipinski definition) is 8. The van der Waals surface area contributed by atoms with Crippen molar-refractivity contribution < 1.29 is 28.4 Å². The molecule has 1 fully saturated rings. The lowest BCUT2D eigenvalue weighted by molar-refractivity contribution is -0.384. The number of piperidine rings is 1. The highest BCUT2D eigenvalue weighted by atomic mass is 16.6. The van der Waals surface area contributed by atoms with Gasteiger partial charge in [-0.3, -0.25) is 10.1 Å².